The number of aromatic hydroxyl groups is 3. The van der Waals surface area contributed by atoms with E-state index in [1.165, 1.54) is 0 Å². The molecule has 0 spiro atoms. The van der Waals surface area contributed by atoms with E-state index in [0.717, 1.165) is 66.8 Å². The summed E-state index contributed by atoms with van der Waals surface area (Å²) in [5.41, 5.74) is 11.3. The molecular weight excluding hydrogens is 552 g/mol. The Bertz CT molecular complexity index is 1860. The van der Waals surface area contributed by atoms with Crippen LogP contribution in [0, 0.1) is 0 Å². The SMILES string of the molecule is Oc1ccc(-c2ccccc2)c(-c2cc(-c3cc(O)ccc3-c3ccccc3)cc(-c3cc(O)ccc3-c3ccccc3)c2)c1. The Balaban J connectivity index is 1.54. The van der Waals surface area contributed by atoms with Crippen LogP contribution in [0.5, 0.6) is 17.2 Å². The van der Waals surface area contributed by atoms with Crippen LogP contribution in [0.2, 0.25) is 0 Å². The zero-order valence-corrected chi connectivity index (χ0v) is 24.4. The minimum absolute atomic E-state index is 0.168. The van der Waals surface area contributed by atoms with Gasteiger partial charge >= 0.3 is 0 Å². The van der Waals surface area contributed by atoms with Crippen molar-refractivity contribution in [2.45, 2.75) is 0 Å². The molecule has 0 fully saturated rings. The molecule has 0 saturated heterocycles. The molecule has 0 bridgehead atoms. The van der Waals surface area contributed by atoms with E-state index in [2.05, 4.69) is 54.6 Å². The second-order valence-corrected chi connectivity index (χ2v) is 11.1. The Kier molecular flexibility index (Phi) is 7.34. The lowest BCUT2D eigenvalue weighted by atomic mass is 9.86. The van der Waals surface area contributed by atoms with Crippen molar-refractivity contribution in [2.75, 3.05) is 0 Å². The van der Waals surface area contributed by atoms with Gasteiger partial charge in [-0.1, -0.05) is 109 Å². The van der Waals surface area contributed by atoms with E-state index in [1.54, 1.807) is 36.4 Å². The second kappa shape index (κ2) is 11.9. The summed E-state index contributed by atoms with van der Waals surface area (Å²) < 4.78 is 0. The summed E-state index contributed by atoms with van der Waals surface area (Å²) in [5.74, 6) is 0.504. The predicted octanol–water partition coefficient (Wildman–Crippen LogP) is 10.8. The Labute approximate surface area is 262 Å². The first-order chi connectivity index (χ1) is 22.0. The van der Waals surface area contributed by atoms with Gasteiger partial charge in [-0.3, -0.25) is 0 Å². The number of hydrogen-bond acceptors (Lipinski definition) is 3. The summed E-state index contributed by atoms with van der Waals surface area (Å²) in [4.78, 5) is 0. The Hall–Kier alpha value is -6.06. The van der Waals surface area contributed by atoms with Gasteiger partial charge in [-0.15, -0.1) is 0 Å². The van der Waals surface area contributed by atoms with Crippen molar-refractivity contribution < 1.29 is 15.3 Å². The molecule has 7 aromatic carbocycles. The minimum atomic E-state index is 0.168. The molecule has 3 heteroatoms. The highest BCUT2D eigenvalue weighted by molar-refractivity contribution is 5.94. The van der Waals surface area contributed by atoms with Crippen molar-refractivity contribution in [2.24, 2.45) is 0 Å². The summed E-state index contributed by atoms with van der Waals surface area (Å²) in [7, 11) is 0. The first-order valence-corrected chi connectivity index (χ1v) is 14.8. The van der Waals surface area contributed by atoms with Gasteiger partial charge in [-0.2, -0.15) is 0 Å². The van der Waals surface area contributed by atoms with Gasteiger partial charge in [0.05, 0.1) is 0 Å². The third-order valence-electron chi connectivity index (χ3n) is 8.13. The van der Waals surface area contributed by atoms with Gasteiger partial charge in [0.2, 0.25) is 0 Å². The summed E-state index contributed by atoms with van der Waals surface area (Å²) in [6, 6.07) is 53.1. The molecule has 0 aliphatic heterocycles. The van der Waals surface area contributed by atoms with E-state index in [-0.39, 0.29) is 17.2 Å². The second-order valence-electron chi connectivity index (χ2n) is 11.1. The number of phenolic OH excluding ortho intramolecular Hbond substituents is 3. The molecular formula is C42H30O3. The number of benzene rings is 7. The van der Waals surface area contributed by atoms with E-state index in [1.807, 2.05) is 72.8 Å². The van der Waals surface area contributed by atoms with Crippen LogP contribution in [-0.2, 0) is 0 Å². The molecule has 7 rings (SSSR count). The van der Waals surface area contributed by atoms with Crippen molar-refractivity contribution in [3.05, 3.63) is 164 Å². The lowest BCUT2D eigenvalue weighted by molar-refractivity contribution is 0.475. The van der Waals surface area contributed by atoms with Crippen LogP contribution in [0.15, 0.2) is 164 Å². The van der Waals surface area contributed by atoms with E-state index < -0.39 is 0 Å². The van der Waals surface area contributed by atoms with Gasteiger partial charge in [0.15, 0.2) is 0 Å². The first-order valence-electron chi connectivity index (χ1n) is 14.8. The van der Waals surface area contributed by atoms with Gasteiger partial charge in [0.1, 0.15) is 17.2 Å². The summed E-state index contributed by atoms with van der Waals surface area (Å²) in [6.07, 6.45) is 0. The first kappa shape index (κ1) is 27.8. The molecule has 0 atom stereocenters. The third kappa shape index (κ3) is 5.67. The molecule has 0 heterocycles. The number of rotatable bonds is 6. The van der Waals surface area contributed by atoms with Gasteiger partial charge < -0.3 is 15.3 Å². The van der Waals surface area contributed by atoms with Crippen LogP contribution in [0.25, 0.3) is 66.8 Å². The zero-order valence-electron chi connectivity index (χ0n) is 24.4. The van der Waals surface area contributed by atoms with E-state index in [9.17, 15) is 15.3 Å². The average Bonchev–Trinajstić information content (AvgIpc) is 3.09. The standard InChI is InChI=1S/C42H30O3/c43-34-16-19-37(28-10-4-1-5-11-28)40(25-34)31-22-32(41-26-35(44)17-20-38(41)29-12-6-2-7-13-29)24-33(23-31)42-27-36(45)18-21-39(42)30-14-8-3-9-15-30/h1-27,43-45H. The third-order valence-corrected chi connectivity index (χ3v) is 8.13. The number of hydrogen-bond donors (Lipinski definition) is 3. The molecule has 7 aromatic rings. The van der Waals surface area contributed by atoms with Gasteiger partial charge in [-0.25, -0.2) is 0 Å². The predicted molar refractivity (Wildman–Crippen MR) is 184 cm³/mol. The molecule has 0 aliphatic rings. The lowest BCUT2D eigenvalue weighted by Crippen LogP contribution is -1.92. The summed E-state index contributed by atoms with van der Waals surface area (Å²) >= 11 is 0. The number of phenols is 3. The topological polar surface area (TPSA) is 60.7 Å². The fourth-order valence-corrected chi connectivity index (χ4v) is 6.02. The van der Waals surface area contributed by atoms with Gasteiger partial charge in [-0.05, 0) is 121 Å². The van der Waals surface area contributed by atoms with Crippen molar-refractivity contribution in [1.82, 2.24) is 0 Å². The quantitative estimate of drug-likeness (QED) is 0.183. The molecule has 0 aromatic heterocycles. The molecule has 3 nitrogen and oxygen atoms in total. The Morgan fingerprint density at radius 1 is 0.222 bits per heavy atom. The zero-order chi connectivity index (χ0) is 30.8. The average molecular weight is 583 g/mol. The summed E-state index contributed by atoms with van der Waals surface area (Å²) in [6.45, 7) is 0. The maximum absolute atomic E-state index is 10.7. The summed E-state index contributed by atoms with van der Waals surface area (Å²) in [5, 5.41) is 32.1. The fourth-order valence-electron chi connectivity index (χ4n) is 6.02. The molecule has 216 valence electrons. The van der Waals surface area contributed by atoms with E-state index >= 15 is 0 Å². The smallest absolute Gasteiger partial charge is 0.116 e. The highest BCUT2D eigenvalue weighted by atomic mass is 16.3. The van der Waals surface area contributed by atoms with Crippen LogP contribution >= 0.6 is 0 Å². The van der Waals surface area contributed by atoms with Crippen molar-refractivity contribution in [3.63, 3.8) is 0 Å². The Morgan fingerprint density at radius 3 is 0.756 bits per heavy atom. The van der Waals surface area contributed by atoms with Crippen molar-refractivity contribution in [3.8, 4) is 84.0 Å². The molecule has 0 saturated carbocycles. The van der Waals surface area contributed by atoms with Crippen LogP contribution < -0.4 is 0 Å². The van der Waals surface area contributed by atoms with Crippen LogP contribution in [0.4, 0.5) is 0 Å². The monoisotopic (exact) mass is 582 g/mol. The van der Waals surface area contributed by atoms with Crippen LogP contribution in [0.3, 0.4) is 0 Å². The Morgan fingerprint density at radius 2 is 0.489 bits per heavy atom. The van der Waals surface area contributed by atoms with Gasteiger partial charge in [0.25, 0.3) is 0 Å². The minimum Gasteiger partial charge on any atom is -0.508 e. The lowest BCUT2D eigenvalue weighted by Gasteiger charge is -2.18. The molecule has 0 unspecified atom stereocenters. The normalized spacial score (nSPS) is 10.9. The largest absolute Gasteiger partial charge is 0.508 e. The molecule has 0 radical (unpaired) electrons. The maximum atomic E-state index is 10.7. The maximum Gasteiger partial charge on any atom is 0.116 e. The van der Waals surface area contributed by atoms with Crippen LogP contribution in [-0.4, -0.2) is 15.3 Å². The van der Waals surface area contributed by atoms with Crippen LogP contribution in [0.1, 0.15) is 0 Å². The molecule has 0 amide bonds. The fraction of sp³-hybridized carbons (Fsp3) is 0. The van der Waals surface area contributed by atoms with Crippen molar-refractivity contribution >= 4 is 0 Å². The molecule has 45 heavy (non-hydrogen) atoms. The highest BCUT2D eigenvalue weighted by Crippen LogP contribution is 2.44. The highest BCUT2D eigenvalue weighted by Gasteiger charge is 2.17. The molecule has 0 aliphatic carbocycles. The van der Waals surface area contributed by atoms with Gasteiger partial charge in [0, 0.05) is 0 Å². The molecule has 3 N–H and O–H groups in total. The van der Waals surface area contributed by atoms with Crippen molar-refractivity contribution in [1.29, 1.82) is 0 Å². The van der Waals surface area contributed by atoms with E-state index in [4.69, 9.17) is 0 Å². The van der Waals surface area contributed by atoms with E-state index in [0.29, 0.717) is 0 Å².